The van der Waals surface area contributed by atoms with E-state index in [9.17, 15) is 9.59 Å². The van der Waals surface area contributed by atoms with Crippen molar-refractivity contribution in [3.05, 3.63) is 59.9 Å². The van der Waals surface area contributed by atoms with Crippen LogP contribution in [0, 0.1) is 5.92 Å². The molecule has 128 valence electrons. The van der Waals surface area contributed by atoms with E-state index in [0.29, 0.717) is 13.1 Å². The van der Waals surface area contributed by atoms with Crippen molar-refractivity contribution in [1.29, 1.82) is 0 Å². The van der Waals surface area contributed by atoms with Crippen LogP contribution in [0.5, 0.6) is 0 Å². The van der Waals surface area contributed by atoms with Gasteiger partial charge in [-0.15, -0.1) is 0 Å². The molecular weight excluding hydrogens is 314 g/mol. The number of carbonyl (C=O) groups is 2. The Morgan fingerprint density at radius 3 is 2.76 bits per heavy atom. The Kier molecular flexibility index (Phi) is 3.99. The van der Waals surface area contributed by atoms with Gasteiger partial charge in [0.25, 0.3) is 0 Å². The number of rotatable bonds is 3. The molecule has 1 saturated heterocycles. The molecule has 2 aliphatic rings. The highest BCUT2D eigenvalue weighted by atomic mass is 16.2. The van der Waals surface area contributed by atoms with Crippen molar-refractivity contribution in [3.8, 4) is 0 Å². The van der Waals surface area contributed by atoms with Crippen LogP contribution in [-0.4, -0.2) is 34.3 Å². The van der Waals surface area contributed by atoms with Gasteiger partial charge in [0.1, 0.15) is 0 Å². The zero-order valence-electron chi connectivity index (χ0n) is 14.3. The predicted octanol–water partition coefficient (Wildman–Crippen LogP) is 2.41. The normalized spacial score (nSPS) is 22.4. The van der Waals surface area contributed by atoms with Gasteiger partial charge in [-0.1, -0.05) is 24.3 Å². The van der Waals surface area contributed by atoms with Crippen LogP contribution < -0.4 is 4.90 Å². The number of anilines is 1. The molecule has 2 aliphatic heterocycles. The number of hydrogen-bond acceptors (Lipinski definition) is 3. The maximum atomic E-state index is 13.1. The van der Waals surface area contributed by atoms with E-state index in [1.165, 1.54) is 5.56 Å². The van der Waals surface area contributed by atoms with Crippen molar-refractivity contribution in [1.82, 2.24) is 9.88 Å². The predicted molar refractivity (Wildman–Crippen MR) is 94.9 cm³/mol. The molecule has 4 rings (SSSR count). The summed E-state index contributed by atoms with van der Waals surface area (Å²) in [7, 11) is 0. The molecule has 5 heteroatoms. The van der Waals surface area contributed by atoms with Crippen molar-refractivity contribution in [2.24, 2.45) is 5.92 Å². The molecule has 1 fully saturated rings. The summed E-state index contributed by atoms with van der Waals surface area (Å²) in [6.07, 6.45) is 2.89. The molecule has 1 aromatic heterocycles. The minimum Gasteiger partial charge on any atom is -0.336 e. The van der Waals surface area contributed by atoms with Crippen molar-refractivity contribution < 1.29 is 9.59 Å². The lowest BCUT2D eigenvalue weighted by Crippen LogP contribution is -2.41. The summed E-state index contributed by atoms with van der Waals surface area (Å²) in [6.45, 7) is 3.01. The lowest BCUT2D eigenvalue weighted by molar-refractivity contribution is -0.129. The van der Waals surface area contributed by atoms with E-state index in [1.807, 2.05) is 41.3 Å². The minimum atomic E-state index is -0.273. The van der Waals surface area contributed by atoms with Crippen molar-refractivity contribution in [2.75, 3.05) is 11.4 Å². The molecule has 25 heavy (non-hydrogen) atoms. The lowest BCUT2D eigenvalue weighted by Gasteiger charge is -2.25. The SMILES string of the molecule is CC1Cc2ccccc2N1C(=O)C1CC(=O)N(Cc2ccccn2)C1. The van der Waals surface area contributed by atoms with Gasteiger partial charge in [-0.05, 0) is 37.1 Å². The molecule has 5 nitrogen and oxygen atoms in total. The number of para-hydroxylation sites is 1. The molecule has 0 aliphatic carbocycles. The second kappa shape index (κ2) is 6.31. The average Bonchev–Trinajstić information content (AvgIpc) is 3.15. The summed E-state index contributed by atoms with van der Waals surface area (Å²) < 4.78 is 0. The molecule has 0 bridgehead atoms. The van der Waals surface area contributed by atoms with Gasteiger partial charge in [-0.3, -0.25) is 14.6 Å². The monoisotopic (exact) mass is 335 g/mol. The largest absolute Gasteiger partial charge is 0.336 e. The number of pyridine rings is 1. The van der Waals surface area contributed by atoms with E-state index >= 15 is 0 Å². The third kappa shape index (κ3) is 2.90. The number of benzene rings is 1. The standard InChI is InChI=1S/C20H21N3O2/c1-14-10-15-6-2-3-8-18(15)23(14)20(25)16-11-19(24)22(12-16)13-17-7-4-5-9-21-17/h2-9,14,16H,10-13H2,1H3. The Labute approximate surface area is 147 Å². The van der Waals surface area contributed by atoms with E-state index < -0.39 is 0 Å². The van der Waals surface area contributed by atoms with Gasteiger partial charge in [0.05, 0.1) is 18.2 Å². The number of likely N-dealkylation sites (tertiary alicyclic amines) is 1. The van der Waals surface area contributed by atoms with Crippen LogP contribution in [0.25, 0.3) is 0 Å². The molecule has 0 saturated carbocycles. The molecule has 3 heterocycles. The van der Waals surface area contributed by atoms with Gasteiger partial charge in [-0.25, -0.2) is 0 Å². The topological polar surface area (TPSA) is 53.5 Å². The maximum Gasteiger partial charge on any atom is 0.232 e. The molecule has 2 amide bonds. The maximum absolute atomic E-state index is 13.1. The van der Waals surface area contributed by atoms with E-state index in [2.05, 4.69) is 18.0 Å². The number of carbonyl (C=O) groups excluding carboxylic acids is 2. The second-order valence-corrected chi connectivity index (χ2v) is 6.89. The summed E-state index contributed by atoms with van der Waals surface area (Å²) in [6, 6.07) is 13.9. The molecular formula is C20H21N3O2. The van der Waals surface area contributed by atoms with Crippen LogP contribution in [0.3, 0.4) is 0 Å². The first-order chi connectivity index (χ1) is 12.1. The average molecular weight is 335 g/mol. The number of nitrogens with zero attached hydrogens (tertiary/aromatic N) is 3. The molecule has 0 N–H and O–H groups in total. The molecule has 2 unspecified atom stereocenters. The van der Waals surface area contributed by atoms with Crippen LogP contribution in [0.4, 0.5) is 5.69 Å². The molecule has 2 atom stereocenters. The van der Waals surface area contributed by atoms with E-state index in [0.717, 1.165) is 17.8 Å². The van der Waals surface area contributed by atoms with Crippen molar-refractivity contribution in [3.63, 3.8) is 0 Å². The van der Waals surface area contributed by atoms with Gasteiger partial charge in [0, 0.05) is 30.9 Å². The number of hydrogen-bond donors (Lipinski definition) is 0. The van der Waals surface area contributed by atoms with E-state index in [-0.39, 0.29) is 30.2 Å². The highest BCUT2D eigenvalue weighted by molar-refractivity contribution is 6.01. The summed E-state index contributed by atoms with van der Waals surface area (Å²) >= 11 is 0. The first-order valence-corrected chi connectivity index (χ1v) is 8.72. The van der Waals surface area contributed by atoms with E-state index in [4.69, 9.17) is 0 Å². The highest BCUT2D eigenvalue weighted by Gasteiger charge is 2.40. The Morgan fingerprint density at radius 1 is 1.16 bits per heavy atom. The lowest BCUT2D eigenvalue weighted by atomic mass is 10.1. The second-order valence-electron chi connectivity index (χ2n) is 6.89. The number of amides is 2. The van der Waals surface area contributed by atoms with Crippen LogP contribution in [0.15, 0.2) is 48.7 Å². The molecule has 0 radical (unpaired) electrons. The van der Waals surface area contributed by atoms with Gasteiger partial charge in [0.15, 0.2) is 0 Å². The first kappa shape index (κ1) is 15.8. The Balaban J connectivity index is 1.49. The zero-order valence-corrected chi connectivity index (χ0v) is 14.3. The summed E-state index contributed by atoms with van der Waals surface area (Å²) in [4.78, 5) is 33.4. The van der Waals surface area contributed by atoms with Crippen molar-refractivity contribution >= 4 is 17.5 Å². The minimum absolute atomic E-state index is 0.0316. The quantitative estimate of drug-likeness (QED) is 0.865. The Hall–Kier alpha value is -2.69. The third-order valence-electron chi connectivity index (χ3n) is 5.09. The van der Waals surface area contributed by atoms with Gasteiger partial charge < -0.3 is 9.80 Å². The molecule has 2 aromatic rings. The van der Waals surface area contributed by atoms with Gasteiger partial charge in [0.2, 0.25) is 11.8 Å². The van der Waals surface area contributed by atoms with Crippen LogP contribution in [-0.2, 0) is 22.6 Å². The Bertz CT molecular complexity index is 806. The highest BCUT2D eigenvalue weighted by Crippen LogP contribution is 2.34. The van der Waals surface area contributed by atoms with Crippen LogP contribution >= 0.6 is 0 Å². The zero-order chi connectivity index (χ0) is 17.4. The molecule has 1 aromatic carbocycles. The fourth-order valence-electron chi connectivity index (χ4n) is 3.88. The smallest absolute Gasteiger partial charge is 0.232 e. The summed E-state index contributed by atoms with van der Waals surface area (Å²) in [5.41, 5.74) is 3.05. The summed E-state index contributed by atoms with van der Waals surface area (Å²) in [5, 5.41) is 0. The van der Waals surface area contributed by atoms with Crippen LogP contribution in [0.1, 0.15) is 24.6 Å². The number of aromatic nitrogens is 1. The van der Waals surface area contributed by atoms with Crippen LogP contribution in [0.2, 0.25) is 0 Å². The number of fused-ring (bicyclic) bond motifs is 1. The first-order valence-electron chi connectivity index (χ1n) is 8.72. The summed E-state index contributed by atoms with van der Waals surface area (Å²) in [5.74, 6) is -0.178. The fourth-order valence-corrected chi connectivity index (χ4v) is 3.88. The molecule has 0 spiro atoms. The van der Waals surface area contributed by atoms with E-state index in [1.54, 1.807) is 11.1 Å². The Morgan fingerprint density at radius 2 is 1.96 bits per heavy atom. The van der Waals surface area contributed by atoms with Gasteiger partial charge >= 0.3 is 0 Å². The van der Waals surface area contributed by atoms with Gasteiger partial charge in [-0.2, -0.15) is 0 Å². The fraction of sp³-hybridized carbons (Fsp3) is 0.350. The third-order valence-corrected chi connectivity index (χ3v) is 5.09. The van der Waals surface area contributed by atoms with Crippen molar-refractivity contribution in [2.45, 2.75) is 32.4 Å².